The molecule has 1 aromatic carbocycles. The number of hydrogen-bond donors (Lipinski definition) is 1. The van der Waals surface area contributed by atoms with Crippen LogP contribution in [0.4, 0.5) is 13.2 Å². The van der Waals surface area contributed by atoms with Crippen LogP contribution in [0.2, 0.25) is 5.15 Å². The van der Waals surface area contributed by atoms with E-state index in [1.807, 2.05) is 0 Å². The third-order valence-electron chi connectivity index (χ3n) is 4.13. The lowest BCUT2D eigenvalue weighted by Crippen LogP contribution is -2.31. The number of carbonyl (C=O) groups is 1. The lowest BCUT2D eigenvalue weighted by atomic mass is 10.2. The average molecular weight is 429 g/mol. The Bertz CT molecular complexity index is 1050. The average Bonchev–Trinajstić information content (AvgIpc) is 3.04. The molecule has 0 bridgehead atoms. The number of rotatable bonds is 6. The summed E-state index contributed by atoms with van der Waals surface area (Å²) in [6.45, 7) is 1.11. The van der Waals surface area contributed by atoms with Gasteiger partial charge in [0.1, 0.15) is 22.0 Å². The van der Waals surface area contributed by atoms with Crippen LogP contribution in [0.5, 0.6) is 11.6 Å². The third-order valence-corrected chi connectivity index (χ3v) is 4.41. The highest BCUT2D eigenvalue weighted by Crippen LogP contribution is 2.33. The van der Waals surface area contributed by atoms with Gasteiger partial charge in [0.2, 0.25) is 5.88 Å². The molecule has 2 N–H and O–H groups in total. The van der Waals surface area contributed by atoms with E-state index in [2.05, 4.69) is 10.1 Å². The van der Waals surface area contributed by atoms with Gasteiger partial charge in [-0.05, 0) is 24.6 Å². The molecule has 3 aromatic rings. The summed E-state index contributed by atoms with van der Waals surface area (Å²) >= 11 is 5.97. The molecule has 0 aliphatic carbocycles. The number of benzene rings is 1. The molecule has 0 fully saturated rings. The molecule has 1 atom stereocenters. The minimum atomic E-state index is -4.61. The van der Waals surface area contributed by atoms with Crippen molar-refractivity contribution in [2.24, 2.45) is 5.73 Å². The minimum absolute atomic E-state index is 0.00962. The van der Waals surface area contributed by atoms with Gasteiger partial charge in [0.15, 0.2) is 6.10 Å². The summed E-state index contributed by atoms with van der Waals surface area (Å²) in [7, 11) is 1.54. The van der Waals surface area contributed by atoms with Crippen LogP contribution in [0.1, 0.15) is 22.8 Å². The van der Waals surface area contributed by atoms with Crippen LogP contribution in [0.25, 0.3) is 10.9 Å². The molecular formula is C18H16ClF3N4O3. The van der Waals surface area contributed by atoms with Gasteiger partial charge >= 0.3 is 6.18 Å². The van der Waals surface area contributed by atoms with E-state index in [1.54, 1.807) is 31.4 Å². The van der Waals surface area contributed by atoms with E-state index >= 15 is 0 Å². The molecule has 0 aliphatic heterocycles. The van der Waals surface area contributed by atoms with E-state index in [9.17, 15) is 18.0 Å². The first-order chi connectivity index (χ1) is 13.6. The van der Waals surface area contributed by atoms with Gasteiger partial charge in [-0.2, -0.15) is 23.3 Å². The number of carbonyl (C=O) groups excluding carboxylic acids is 1. The van der Waals surface area contributed by atoms with Gasteiger partial charge in [-0.25, -0.2) is 0 Å². The lowest BCUT2D eigenvalue weighted by molar-refractivity contribution is -0.189. The van der Waals surface area contributed by atoms with Crippen molar-refractivity contribution in [1.82, 2.24) is 14.8 Å². The number of fused-ring (bicyclic) bond motifs is 1. The van der Waals surface area contributed by atoms with E-state index in [-0.39, 0.29) is 34.0 Å². The molecule has 0 saturated carbocycles. The van der Waals surface area contributed by atoms with Gasteiger partial charge in [0, 0.05) is 6.20 Å². The molecular weight excluding hydrogens is 413 g/mol. The van der Waals surface area contributed by atoms with Crippen molar-refractivity contribution in [1.29, 1.82) is 0 Å². The maximum absolute atomic E-state index is 12.9. The number of methoxy groups -OCH3 is 1. The van der Waals surface area contributed by atoms with Gasteiger partial charge in [0.25, 0.3) is 5.91 Å². The Hall–Kier alpha value is -3.01. The summed E-state index contributed by atoms with van der Waals surface area (Å²) < 4.78 is 50.2. The van der Waals surface area contributed by atoms with Crippen LogP contribution in [-0.2, 0) is 6.54 Å². The van der Waals surface area contributed by atoms with Crippen molar-refractivity contribution in [2.45, 2.75) is 25.7 Å². The van der Waals surface area contributed by atoms with Gasteiger partial charge in [0.05, 0.1) is 19.0 Å². The quantitative estimate of drug-likeness (QED) is 0.606. The van der Waals surface area contributed by atoms with Crippen molar-refractivity contribution in [3.8, 4) is 11.6 Å². The molecule has 1 unspecified atom stereocenters. The van der Waals surface area contributed by atoms with E-state index in [4.69, 9.17) is 26.8 Å². The fourth-order valence-electron chi connectivity index (χ4n) is 2.61. The van der Waals surface area contributed by atoms with Crippen molar-refractivity contribution >= 4 is 28.4 Å². The molecule has 2 heterocycles. The lowest BCUT2D eigenvalue weighted by Gasteiger charge is -2.17. The minimum Gasteiger partial charge on any atom is -0.497 e. The van der Waals surface area contributed by atoms with Crippen molar-refractivity contribution in [3.63, 3.8) is 0 Å². The maximum Gasteiger partial charge on any atom is 0.425 e. The topological polar surface area (TPSA) is 92.3 Å². The van der Waals surface area contributed by atoms with Crippen LogP contribution in [0.15, 0.2) is 30.5 Å². The predicted octanol–water partition coefficient (Wildman–Crippen LogP) is 3.57. The fourth-order valence-corrected chi connectivity index (χ4v) is 2.87. The summed E-state index contributed by atoms with van der Waals surface area (Å²) in [5.41, 5.74) is 6.00. The van der Waals surface area contributed by atoms with E-state index in [0.717, 1.165) is 12.5 Å². The highest BCUT2D eigenvalue weighted by molar-refractivity contribution is 6.34. The van der Waals surface area contributed by atoms with Gasteiger partial charge in [-0.1, -0.05) is 23.7 Å². The Morgan fingerprint density at radius 2 is 1.97 bits per heavy atom. The smallest absolute Gasteiger partial charge is 0.425 e. The monoisotopic (exact) mass is 428 g/mol. The Morgan fingerprint density at radius 3 is 2.52 bits per heavy atom. The van der Waals surface area contributed by atoms with Crippen LogP contribution < -0.4 is 15.2 Å². The molecule has 0 spiro atoms. The molecule has 7 nitrogen and oxygen atoms in total. The Kier molecular flexibility index (Phi) is 5.56. The largest absolute Gasteiger partial charge is 0.497 e. The Labute approximate surface area is 168 Å². The first-order valence-corrected chi connectivity index (χ1v) is 8.70. The summed E-state index contributed by atoms with van der Waals surface area (Å²) in [4.78, 5) is 15.6. The first kappa shape index (κ1) is 20.7. The number of pyridine rings is 1. The highest BCUT2D eigenvalue weighted by atomic mass is 35.5. The van der Waals surface area contributed by atoms with Crippen molar-refractivity contribution in [3.05, 3.63) is 46.7 Å². The molecule has 2 aromatic heterocycles. The SMILES string of the molecule is COc1ccc(Cn2cc3c(OC(C)C(F)(F)F)nc(Cl)c(C(N)=O)c3n2)cc1. The molecule has 0 aliphatic rings. The second kappa shape index (κ2) is 7.78. The maximum atomic E-state index is 12.9. The number of ether oxygens (including phenoxy) is 2. The van der Waals surface area contributed by atoms with Gasteiger partial charge in [-0.3, -0.25) is 9.48 Å². The normalized spacial score (nSPS) is 12.8. The van der Waals surface area contributed by atoms with Crippen LogP contribution in [0, 0.1) is 0 Å². The van der Waals surface area contributed by atoms with Gasteiger partial charge in [-0.15, -0.1) is 0 Å². The zero-order valence-corrected chi connectivity index (χ0v) is 16.1. The van der Waals surface area contributed by atoms with Crippen LogP contribution in [-0.4, -0.2) is 40.1 Å². The number of alkyl halides is 3. The van der Waals surface area contributed by atoms with E-state index in [1.165, 1.54) is 10.9 Å². The Morgan fingerprint density at radius 1 is 1.31 bits per heavy atom. The molecule has 11 heteroatoms. The number of amides is 1. The zero-order chi connectivity index (χ0) is 21.3. The van der Waals surface area contributed by atoms with Crippen LogP contribution in [0.3, 0.4) is 0 Å². The number of primary amides is 1. The molecule has 1 amide bonds. The summed E-state index contributed by atoms with van der Waals surface area (Å²) in [6.07, 6.45) is -5.32. The number of hydrogen-bond acceptors (Lipinski definition) is 5. The number of halogens is 4. The summed E-state index contributed by atoms with van der Waals surface area (Å²) in [5.74, 6) is -0.623. The molecule has 0 radical (unpaired) electrons. The summed E-state index contributed by atoms with van der Waals surface area (Å²) in [6, 6.07) is 7.11. The first-order valence-electron chi connectivity index (χ1n) is 8.33. The third kappa shape index (κ3) is 4.37. The summed E-state index contributed by atoms with van der Waals surface area (Å²) in [5, 5.41) is 3.97. The zero-order valence-electron chi connectivity index (χ0n) is 15.3. The number of aromatic nitrogens is 3. The highest BCUT2D eigenvalue weighted by Gasteiger charge is 2.39. The van der Waals surface area contributed by atoms with Gasteiger partial charge < -0.3 is 15.2 Å². The molecule has 29 heavy (non-hydrogen) atoms. The standard InChI is InChI=1S/C18H16ClF3N4O3/c1-9(18(20,21)22)29-17-12-8-26(7-10-3-5-11(28-2)6-4-10)25-14(12)13(16(23)27)15(19)24-17/h3-6,8-9H,7H2,1-2H3,(H2,23,27). The fraction of sp³-hybridized carbons (Fsp3) is 0.278. The van der Waals surface area contributed by atoms with Crippen LogP contribution >= 0.6 is 11.6 Å². The number of nitrogens with zero attached hydrogens (tertiary/aromatic N) is 3. The van der Waals surface area contributed by atoms with E-state index in [0.29, 0.717) is 5.75 Å². The van der Waals surface area contributed by atoms with Crippen molar-refractivity contribution in [2.75, 3.05) is 7.11 Å². The predicted molar refractivity (Wildman–Crippen MR) is 99.3 cm³/mol. The second-order valence-corrected chi connectivity index (χ2v) is 6.54. The second-order valence-electron chi connectivity index (χ2n) is 6.19. The number of nitrogens with two attached hydrogens (primary N) is 1. The molecule has 154 valence electrons. The Balaban J connectivity index is 2.06. The van der Waals surface area contributed by atoms with E-state index < -0.39 is 18.2 Å². The van der Waals surface area contributed by atoms with Crippen molar-refractivity contribution < 1.29 is 27.4 Å². The molecule has 0 saturated heterocycles. The molecule has 3 rings (SSSR count).